The number of fused-ring (bicyclic) bond motifs is 3. The Morgan fingerprint density at radius 3 is 2.55 bits per heavy atom. The number of piperidine rings is 1. The maximum absolute atomic E-state index is 13.3. The highest BCUT2D eigenvalue weighted by atomic mass is 16.4. The van der Waals surface area contributed by atoms with Crippen LogP contribution in [-0.2, 0) is 0 Å². The Kier molecular flexibility index (Phi) is 4.47. The van der Waals surface area contributed by atoms with Gasteiger partial charge in [-0.05, 0) is 61.4 Å². The van der Waals surface area contributed by atoms with Gasteiger partial charge in [0.15, 0.2) is 0 Å². The van der Waals surface area contributed by atoms with E-state index in [2.05, 4.69) is 0 Å². The molecule has 5 nitrogen and oxygen atoms in total. The SMILES string of the molecule is O=C(c1cccc(-c2cc3ccccc3oc2=O)c1)N1[C@@H]2CC[C@H]1CC(CO)C2. The van der Waals surface area contributed by atoms with Gasteiger partial charge >= 0.3 is 5.63 Å². The molecule has 0 saturated carbocycles. The third-order valence-corrected chi connectivity index (χ3v) is 6.39. The number of nitrogens with zero attached hydrogens (tertiary/aromatic N) is 1. The van der Waals surface area contributed by atoms with E-state index in [0.717, 1.165) is 31.1 Å². The second-order valence-electron chi connectivity index (χ2n) is 8.18. The van der Waals surface area contributed by atoms with E-state index in [1.165, 1.54) is 0 Å². The van der Waals surface area contributed by atoms with Crippen molar-refractivity contribution in [1.29, 1.82) is 0 Å². The number of para-hydroxylation sites is 1. The molecule has 29 heavy (non-hydrogen) atoms. The molecule has 148 valence electrons. The Balaban J connectivity index is 1.49. The second-order valence-corrected chi connectivity index (χ2v) is 8.18. The van der Waals surface area contributed by atoms with Crippen molar-refractivity contribution in [2.45, 2.75) is 37.8 Å². The summed E-state index contributed by atoms with van der Waals surface area (Å²) in [7, 11) is 0. The lowest BCUT2D eigenvalue weighted by Gasteiger charge is -2.38. The molecule has 0 spiro atoms. The van der Waals surface area contributed by atoms with Gasteiger partial charge in [0.2, 0.25) is 0 Å². The number of aliphatic hydroxyl groups is 1. The van der Waals surface area contributed by atoms with E-state index in [0.29, 0.717) is 28.2 Å². The van der Waals surface area contributed by atoms with E-state index < -0.39 is 5.63 Å². The van der Waals surface area contributed by atoms with E-state index >= 15 is 0 Å². The summed E-state index contributed by atoms with van der Waals surface area (Å²) in [6, 6.07) is 16.9. The summed E-state index contributed by atoms with van der Waals surface area (Å²) in [6.45, 7) is 0.197. The molecule has 3 heterocycles. The van der Waals surface area contributed by atoms with Gasteiger partial charge in [0.05, 0.1) is 5.56 Å². The maximum atomic E-state index is 13.3. The van der Waals surface area contributed by atoms with Gasteiger partial charge in [-0.25, -0.2) is 4.79 Å². The molecule has 0 aliphatic carbocycles. The van der Waals surface area contributed by atoms with Crippen molar-refractivity contribution in [2.24, 2.45) is 5.92 Å². The number of hydrogen-bond donors (Lipinski definition) is 1. The van der Waals surface area contributed by atoms with Crippen molar-refractivity contribution in [2.75, 3.05) is 6.61 Å². The van der Waals surface area contributed by atoms with Gasteiger partial charge in [-0.1, -0.05) is 30.3 Å². The van der Waals surface area contributed by atoms with Crippen LogP contribution in [0.25, 0.3) is 22.1 Å². The molecule has 2 aliphatic heterocycles. The number of amides is 1. The van der Waals surface area contributed by atoms with E-state index in [1.54, 1.807) is 12.1 Å². The molecule has 1 N–H and O–H groups in total. The molecule has 0 radical (unpaired) electrons. The summed E-state index contributed by atoms with van der Waals surface area (Å²) in [5.41, 5.74) is 1.89. The number of hydrogen-bond acceptors (Lipinski definition) is 4. The van der Waals surface area contributed by atoms with Gasteiger partial charge in [-0.3, -0.25) is 4.79 Å². The topological polar surface area (TPSA) is 70.8 Å². The predicted octanol–water partition coefficient (Wildman–Crippen LogP) is 3.84. The third-order valence-electron chi connectivity index (χ3n) is 6.39. The Morgan fingerprint density at radius 2 is 1.79 bits per heavy atom. The number of benzene rings is 2. The first-order valence-electron chi connectivity index (χ1n) is 10.2. The van der Waals surface area contributed by atoms with Gasteiger partial charge in [0.1, 0.15) is 5.58 Å². The summed E-state index contributed by atoms with van der Waals surface area (Å²) in [5.74, 6) is 0.311. The van der Waals surface area contributed by atoms with Crippen LogP contribution in [-0.4, -0.2) is 34.6 Å². The largest absolute Gasteiger partial charge is 0.422 e. The van der Waals surface area contributed by atoms with Gasteiger partial charge in [-0.2, -0.15) is 0 Å². The minimum Gasteiger partial charge on any atom is -0.422 e. The Bertz CT molecular complexity index is 1120. The summed E-state index contributed by atoms with van der Waals surface area (Å²) in [4.78, 5) is 27.8. The van der Waals surface area contributed by atoms with E-state index in [9.17, 15) is 14.7 Å². The molecular formula is C24H23NO4. The molecule has 2 aliphatic rings. The Morgan fingerprint density at radius 1 is 1.03 bits per heavy atom. The van der Waals surface area contributed by atoms with Crippen LogP contribution < -0.4 is 5.63 Å². The monoisotopic (exact) mass is 389 g/mol. The van der Waals surface area contributed by atoms with Gasteiger partial charge in [0.25, 0.3) is 5.91 Å². The molecule has 1 unspecified atom stereocenters. The van der Waals surface area contributed by atoms with Crippen LogP contribution in [0.2, 0.25) is 0 Å². The van der Waals surface area contributed by atoms with Crippen LogP contribution >= 0.6 is 0 Å². The molecule has 3 atom stereocenters. The number of rotatable bonds is 3. The molecule has 2 bridgehead atoms. The molecule has 5 heteroatoms. The van der Waals surface area contributed by atoms with Crippen molar-refractivity contribution in [3.63, 3.8) is 0 Å². The fourth-order valence-electron chi connectivity index (χ4n) is 5.00. The van der Waals surface area contributed by atoms with E-state index in [-0.39, 0.29) is 24.6 Å². The molecule has 1 amide bonds. The average molecular weight is 389 g/mol. The molecule has 2 fully saturated rings. The Labute approximate surface area is 168 Å². The Hall–Kier alpha value is -2.92. The second kappa shape index (κ2) is 7.16. The van der Waals surface area contributed by atoms with Crippen molar-refractivity contribution < 1.29 is 14.3 Å². The maximum Gasteiger partial charge on any atom is 0.344 e. The van der Waals surface area contributed by atoms with Crippen molar-refractivity contribution in [3.8, 4) is 11.1 Å². The third kappa shape index (κ3) is 3.15. The number of aliphatic hydroxyl groups excluding tert-OH is 1. The van der Waals surface area contributed by atoms with Crippen LogP contribution in [0.4, 0.5) is 0 Å². The summed E-state index contributed by atoms with van der Waals surface area (Å²) in [6.07, 6.45) is 3.74. The van der Waals surface area contributed by atoms with E-state index in [4.69, 9.17) is 4.42 Å². The van der Waals surface area contributed by atoms with Gasteiger partial charge < -0.3 is 14.4 Å². The number of carbonyl (C=O) groups excluding carboxylic acids is 1. The summed E-state index contributed by atoms with van der Waals surface area (Å²) in [5, 5.41) is 10.4. The normalized spacial score (nSPS) is 23.5. The lowest BCUT2D eigenvalue weighted by atomic mass is 9.90. The fraction of sp³-hybridized carbons (Fsp3) is 0.333. The predicted molar refractivity (Wildman–Crippen MR) is 111 cm³/mol. The minimum atomic E-state index is -0.405. The van der Waals surface area contributed by atoms with Crippen LogP contribution in [0, 0.1) is 5.92 Å². The summed E-state index contributed by atoms with van der Waals surface area (Å²) >= 11 is 0. The molecule has 2 saturated heterocycles. The quantitative estimate of drug-likeness (QED) is 0.691. The summed E-state index contributed by atoms with van der Waals surface area (Å²) < 4.78 is 5.46. The standard InChI is InChI=1S/C24H23NO4/c26-14-15-10-19-8-9-20(11-15)25(19)23(27)18-6-3-5-16(12-18)21-13-17-4-1-2-7-22(17)29-24(21)28/h1-7,12-13,15,19-20,26H,8-11,14H2/t15?,19-,20+. The zero-order valence-electron chi connectivity index (χ0n) is 16.1. The lowest BCUT2D eigenvalue weighted by Crippen LogP contribution is -2.47. The highest BCUT2D eigenvalue weighted by molar-refractivity contribution is 5.96. The van der Waals surface area contributed by atoms with E-state index in [1.807, 2.05) is 47.4 Å². The molecule has 3 aromatic rings. The van der Waals surface area contributed by atoms with Crippen LogP contribution in [0.1, 0.15) is 36.0 Å². The number of carbonyl (C=O) groups is 1. The fourth-order valence-corrected chi connectivity index (χ4v) is 5.00. The first-order chi connectivity index (χ1) is 14.1. The first kappa shape index (κ1) is 18.1. The zero-order chi connectivity index (χ0) is 20.0. The minimum absolute atomic E-state index is 0.0147. The first-order valence-corrected chi connectivity index (χ1v) is 10.2. The average Bonchev–Trinajstić information content (AvgIpc) is 3.02. The van der Waals surface area contributed by atoms with Crippen LogP contribution in [0.5, 0.6) is 0 Å². The highest BCUT2D eigenvalue weighted by Crippen LogP contribution is 2.39. The zero-order valence-corrected chi connectivity index (χ0v) is 16.1. The van der Waals surface area contributed by atoms with Crippen molar-refractivity contribution >= 4 is 16.9 Å². The molecule has 2 aromatic carbocycles. The lowest BCUT2D eigenvalue weighted by molar-refractivity contribution is 0.0453. The molecule has 5 rings (SSSR count). The van der Waals surface area contributed by atoms with Gasteiger partial charge in [-0.15, -0.1) is 0 Å². The van der Waals surface area contributed by atoms with Crippen molar-refractivity contribution in [1.82, 2.24) is 4.90 Å². The molecular weight excluding hydrogens is 366 g/mol. The van der Waals surface area contributed by atoms with Gasteiger partial charge in [0, 0.05) is 29.6 Å². The highest BCUT2D eigenvalue weighted by Gasteiger charge is 2.43. The van der Waals surface area contributed by atoms with Crippen molar-refractivity contribution in [3.05, 3.63) is 70.6 Å². The van der Waals surface area contributed by atoms with Crippen LogP contribution in [0.3, 0.4) is 0 Å². The molecule has 1 aromatic heterocycles. The van der Waals surface area contributed by atoms with Crippen LogP contribution in [0.15, 0.2) is 63.8 Å². The smallest absolute Gasteiger partial charge is 0.344 e.